The third-order valence-electron chi connectivity index (χ3n) is 2.67. The number of hydrogen-bond acceptors (Lipinski definition) is 3. The Morgan fingerprint density at radius 3 is 2.26 bits per heavy atom. The van der Waals surface area contributed by atoms with Crippen molar-refractivity contribution in [3.05, 3.63) is 41.0 Å². The standard InChI is InChI=1S/C12H15BrN2O2SSi/c1-19(2,3)12-11(13)9-14-15(12)18(16,17)10-7-5-4-6-8-10/h4-9H,1-3H3. The van der Waals surface area contributed by atoms with Crippen LogP contribution in [0, 0.1) is 0 Å². The summed E-state index contributed by atoms with van der Waals surface area (Å²) in [4.78, 5) is 0.255. The zero-order chi connectivity index (χ0) is 14.3. The summed E-state index contributed by atoms with van der Waals surface area (Å²) in [6.45, 7) is 6.27. The molecule has 0 bridgehead atoms. The highest BCUT2D eigenvalue weighted by molar-refractivity contribution is 9.10. The minimum Gasteiger partial charge on any atom is -0.199 e. The van der Waals surface area contributed by atoms with Gasteiger partial charge in [0.2, 0.25) is 0 Å². The Morgan fingerprint density at radius 2 is 1.74 bits per heavy atom. The van der Waals surface area contributed by atoms with E-state index < -0.39 is 18.1 Å². The van der Waals surface area contributed by atoms with E-state index in [2.05, 4.69) is 40.7 Å². The SMILES string of the molecule is C[Si](C)(C)c1c(Br)cnn1S(=O)(=O)c1ccccc1. The number of nitrogens with zero attached hydrogens (tertiary/aromatic N) is 2. The third kappa shape index (κ3) is 2.68. The van der Waals surface area contributed by atoms with Crippen LogP contribution in [-0.2, 0) is 10.0 Å². The molecule has 0 aliphatic heterocycles. The maximum atomic E-state index is 12.6. The number of hydrogen-bond donors (Lipinski definition) is 0. The number of aromatic nitrogens is 2. The predicted octanol–water partition coefficient (Wildman–Crippen LogP) is 2.43. The topological polar surface area (TPSA) is 52.0 Å². The van der Waals surface area contributed by atoms with Crippen molar-refractivity contribution >= 4 is 39.3 Å². The molecule has 0 aliphatic carbocycles. The van der Waals surface area contributed by atoms with Crippen LogP contribution >= 0.6 is 15.9 Å². The maximum Gasteiger partial charge on any atom is 0.282 e. The lowest BCUT2D eigenvalue weighted by atomic mass is 10.4. The van der Waals surface area contributed by atoms with Gasteiger partial charge in [-0.1, -0.05) is 37.8 Å². The molecule has 2 rings (SSSR count). The highest BCUT2D eigenvalue weighted by atomic mass is 79.9. The molecular weight excluding hydrogens is 344 g/mol. The van der Waals surface area contributed by atoms with Gasteiger partial charge in [-0.25, -0.2) is 0 Å². The van der Waals surface area contributed by atoms with Crippen LogP contribution in [0.3, 0.4) is 0 Å². The zero-order valence-electron chi connectivity index (χ0n) is 11.0. The minimum atomic E-state index is -3.62. The second-order valence-corrected chi connectivity index (χ2v) is 12.8. The van der Waals surface area contributed by atoms with E-state index in [-0.39, 0.29) is 4.90 Å². The minimum absolute atomic E-state index is 0.255. The van der Waals surface area contributed by atoms with Gasteiger partial charge in [0, 0.05) is 0 Å². The zero-order valence-corrected chi connectivity index (χ0v) is 14.4. The van der Waals surface area contributed by atoms with Crippen molar-refractivity contribution in [3.63, 3.8) is 0 Å². The predicted molar refractivity (Wildman–Crippen MR) is 81.9 cm³/mol. The first kappa shape index (κ1) is 14.5. The van der Waals surface area contributed by atoms with Crippen LogP contribution in [-0.4, -0.2) is 25.7 Å². The van der Waals surface area contributed by atoms with Crippen LogP contribution in [0.15, 0.2) is 45.9 Å². The summed E-state index contributed by atoms with van der Waals surface area (Å²) in [5.74, 6) is 0. The van der Waals surface area contributed by atoms with Crippen LogP contribution in [0.25, 0.3) is 0 Å². The van der Waals surface area contributed by atoms with Gasteiger partial charge < -0.3 is 0 Å². The fourth-order valence-electron chi connectivity index (χ4n) is 1.83. The second kappa shape index (κ2) is 4.88. The van der Waals surface area contributed by atoms with Crippen LogP contribution < -0.4 is 5.32 Å². The number of rotatable bonds is 3. The molecule has 0 radical (unpaired) electrons. The van der Waals surface area contributed by atoms with Gasteiger partial charge in [-0.15, -0.1) is 0 Å². The highest BCUT2D eigenvalue weighted by Crippen LogP contribution is 2.18. The molecule has 4 nitrogen and oxygen atoms in total. The summed E-state index contributed by atoms with van der Waals surface area (Å²) in [5, 5.41) is 4.82. The van der Waals surface area contributed by atoms with E-state index in [0.717, 1.165) is 9.79 Å². The van der Waals surface area contributed by atoms with Gasteiger partial charge in [0.25, 0.3) is 10.0 Å². The summed E-state index contributed by atoms with van der Waals surface area (Å²) in [6.07, 6.45) is 1.55. The number of halogens is 1. The van der Waals surface area contributed by atoms with Gasteiger partial charge in [-0.3, -0.25) is 0 Å². The van der Waals surface area contributed by atoms with E-state index in [1.165, 1.54) is 4.09 Å². The van der Waals surface area contributed by atoms with Crippen molar-refractivity contribution in [1.82, 2.24) is 9.19 Å². The van der Waals surface area contributed by atoms with Crippen LogP contribution in [0.2, 0.25) is 19.6 Å². The van der Waals surface area contributed by atoms with Crippen molar-refractivity contribution in [3.8, 4) is 0 Å². The molecule has 0 amide bonds. The molecule has 19 heavy (non-hydrogen) atoms. The fourth-order valence-corrected chi connectivity index (χ4v) is 7.80. The molecule has 2 aromatic rings. The van der Waals surface area contributed by atoms with Crippen molar-refractivity contribution < 1.29 is 8.42 Å². The normalized spacial score (nSPS) is 12.6. The molecule has 0 fully saturated rings. The Balaban J connectivity index is 2.68. The largest absolute Gasteiger partial charge is 0.282 e. The van der Waals surface area contributed by atoms with Crippen molar-refractivity contribution in [1.29, 1.82) is 0 Å². The second-order valence-electron chi connectivity index (χ2n) is 5.25. The Morgan fingerprint density at radius 1 is 1.16 bits per heavy atom. The lowest BCUT2D eigenvalue weighted by Gasteiger charge is -2.19. The van der Waals surface area contributed by atoms with Gasteiger partial charge in [0.05, 0.1) is 20.9 Å². The van der Waals surface area contributed by atoms with E-state index in [4.69, 9.17) is 0 Å². The van der Waals surface area contributed by atoms with Gasteiger partial charge in [-0.2, -0.15) is 17.6 Å². The quantitative estimate of drug-likeness (QED) is 0.791. The molecule has 0 spiro atoms. The smallest absolute Gasteiger partial charge is 0.199 e. The van der Waals surface area contributed by atoms with Crippen LogP contribution in [0.4, 0.5) is 0 Å². The van der Waals surface area contributed by atoms with E-state index in [0.29, 0.717) is 0 Å². The molecule has 0 atom stereocenters. The monoisotopic (exact) mass is 358 g/mol. The highest BCUT2D eigenvalue weighted by Gasteiger charge is 2.31. The first-order valence-electron chi connectivity index (χ1n) is 5.79. The van der Waals surface area contributed by atoms with Crippen molar-refractivity contribution in [2.45, 2.75) is 24.5 Å². The molecular formula is C12H15BrN2O2SSi. The van der Waals surface area contributed by atoms with Crippen LogP contribution in [0.5, 0.6) is 0 Å². The van der Waals surface area contributed by atoms with E-state index in [1.807, 2.05) is 0 Å². The molecule has 0 aliphatic rings. The average molecular weight is 359 g/mol. The van der Waals surface area contributed by atoms with Crippen molar-refractivity contribution in [2.24, 2.45) is 0 Å². The number of benzene rings is 1. The molecule has 1 heterocycles. The van der Waals surface area contributed by atoms with E-state index in [9.17, 15) is 8.42 Å². The van der Waals surface area contributed by atoms with E-state index in [1.54, 1.807) is 36.5 Å². The van der Waals surface area contributed by atoms with Gasteiger partial charge >= 0.3 is 0 Å². The fraction of sp³-hybridized carbons (Fsp3) is 0.250. The Bertz CT molecular complexity index is 690. The summed E-state index contributed by atoms with van der Waals surface area (Å²) < 4.78 is 27.2. The van der Waals surface area contributed by atoms with Crippen LogP contribution in [0.1, 0.15) is 0 Å². The molecule has 7 heteroatoms. The summed E-state index contributed by atoms with van der Waals surface area (Å²) in [7, 11) is -5.46. The Kier molecular flexibility index (Phi) is 3.72. The summed E-state index contributed by atoms with van der Waals surface area (Å²) >= 11 is 3.40. The molecule has 102 valence electrons. The molecule has 0 saturated heterocycles. The van der Waals surface area contributed by atoms with Gasteiger partial charge in [-0.05, 0) is 28.1 Å². The Labute approximate surface area is 122 Å². The lowest BCUT2D eigenvalue weighted by Crippen LogP contribution is -2.46. The first-order valence-corrected chi connectivity index (χ1v) is 11.5. The Hall–Kier alpha value is -0.923. The molecule has 1 aromatic carbocycles. The lowest BCUT2D eigenvalue weighted by molar-refractivity contribution is 0.581. The molecule has 0 saturated carbocycles. The maximum absolute atomic E-state index is 12.6. The molecule has 1 aromatic heterocycles. The van der Waals surface area contributed by atoms with E-state index >= 15 is 0 Å². The average Bonchev–Trinajstić information content (AvgIpc) is 2.73. The molecule has 0 unspecified atom stereocenters. The molecule has 0 N–H and O–H groups in total. The first-order chi connectivity index (χ1) is 8.74. The van der Waals surface area contributed by atoms with Gasteiger partial charge in [0.15, 0.2) is 0 Å². The van der Waals surface area contributed by atoms with Gasteiger partial charge in [0.1, 0.15) is 8.07 Å². The summed E-state index contributed by atoms with van der Waals surface area (Å²) in [5.41, 5.74) is 0. The van der Waals surface area contributed by atoms with Crippen molar-refractivity contribution in [2.75, 3.05) is 0 Å². The third-order valence-corrected chi connectivity index (χ3v) is 7.28. The summed E-state index contributed by atoms with van der Waals surface area (Å²) in [6, 6.07) is 8.37.